The van der Waals surface area contributed by atoms with Gasteiger partial charge in [-0.1, -0.05) is 18.2 Å². The van der Waals surface area contributed by atoms with Gasteiger partial charge in [0, 0.05) is 18.2 Å². The highest BCUT2D eigenvalue weighted by Crippen LogP contribution is 2.24. The molecule has 8 heteroatoms. The van der Waals surface area contributed by atoms with Gasteiger partial charge in [-0.2, -0.15) is 0 Å². The normalized spacial score (nSPS) is 9.68. The Bertz CT molecular complexity index is 748. The molecule has 0 unspecified atom stereocenters. The van der Waals surface area contributed by atoms with Crippen molar-refractivity contribution in [2.24, 2.45) is 0 Å². The maximum atomic E-state index is 9.10. The summed E-state index contributed by atoms with van der Waals surface area (Å²) in [6, 6.07) is 14.0. The van der Waals surface area contributed by atoms with Crippen LogP contribution in [0.4, 0.5) is 0 Å². The first-order valence-corrected chi connectivity index (χ1v) is 8.42. The molecule has 0 spiro atoms. The fourth-order valence-corrected chi connectivity index (χ4v) is 2.25. The standard InChI is InChI=1S/C18H23NO3.C2H2O4/c1-20-16-7-4-14(5-8-16)10-11-19-13-15-6-9-17(21-2)12-18(15)22-3;3-1(4)2(5)6/h4-9,12,19H,10-11,13H2,1-3H3;(H,3,4)(H,5,6). The van der Waals surface area contributed by atoms with Gasteiger partial charge in [0.1, 0.15) is 17.2 Å². The number of hydrogen-bond acceptors (Lipinski definition) is 6. The average molecular weight is 391 g/mol. The molecular formula is C20H25NO7. The fourth-order valence-electron chi connectivity index (χ4n) is 2.25. The third kappa shape index (κ3) is 7.96. The molecule has 2 rings (SSSR count). The van der Waals surface area contributed by atoms with Crippen molar-refractivity contribution < 1.29 is 34.0 Å². The Morgan fingerprint density at radius 2 is 1.43 bits per heavy atom. The minimum Gasteiger partial charge on any atom is -0.497 e. The fraction of sp³-hybridized carbons (Fsp3) is 0.300. The molecule has 0 bridgehead atoms. The molecule has 0 atom stereocenters. The Kier molecular flexibility index (Phi) is 9.91. The van der Waals surface area contributed by atoms with Crippen LogP contribution in [0.2, 0.25) is 0 Å². The number of aliphatic carboxylic acids is 2. The van der Waals surface area contributed by atoms with Crippen molar-refractivity contribution in [3.05, 3.63) is 53.6 Å². The SMILES string of the molecule is COc1ccc(CCNCc2ccc(OC)cc2OC)cc1.O=C(O)C(=O)O. The Hall–Kier alpha value is -3.26. The number of hydrogen-bond donors (Lipinski definition) is 3. The van der Waals surface area contributed by atoms with E-state index in [4.69, 9.17) is 34.0 Å². The first-order valence-electron chi connectivity index (χ1n) is 8.42. The van der Waals surface area contributed by atoms with E-state index in [-0.39, 0.29) is 0 Å². The van der Waals surface area contributed by atoms with Crippen molar-refractivity contribution in [1.82, 2.24) is 5.32 Å². The Morgan fingerprint density at radius 1 is 0.857 bits per heavy atom. The molecule has 2 aromatic rings. The lowest BCUT2D eigenvalue weighted by molar-refractivity contribution is -0.159. The van der Waals surface area contributed by atoms with Crippen LogP contribution in [0.5, 0.6) is 17.2 Å². The van der Waals surface area contributed by atoms with E-state index in [1.165, 1.54) is 5.56 Å². The summed E-state index contributed by atoms with van der Waals surface area (Å²) >= 11 is 0. The maximum Gasteiger partial charge on any atom is 0.414 e. The van der Waals surface area contributed by atoms with Crippen molar-refractivity contribution in [1.29, 1.82) is 0 Å². The predicted octanol–water partition coefficient (Wildman–Crippen LogP) is 2.20. The Morgan fingerprint density at radius 3 is 1.93 bits per heavy atom. The summed E-state index contributed by atoms with van der Waals surface area (Å²) in [6.45, 7) is 1.67. The van der Waals surface area contributed by atoms with Crippen molar-refractivity contribution >= 4 is 11.9 Å². The molecule has 0 fully saturated rings. The second-order valence-corrected chi connectivity index (χ2v) is 5.56. The van der Waals surface area contributed by atoms with Crippen LogP contribution in [0.15, 0.2) is 42.5 Å². The van der Waals surface area contributed by atoms with E-state index < -0.39 is 11.9 Å². The van der Waals surface area contributed by atoms with Crippen LogP contribution in [0.25, 0.3) is 0 Å². The molecule has 0 aliphatic heterocycles. The van der Waals surface area contributed by atoms with Gasteiger partial charge in [0.25, 0.3) is 0 Å². The number of carboxylic acids is 2. The lowest BCUT2D eigenvalue weighted by Gasteiger charge is -2.11. The summed E-state index contributed by atoms with van der Waals surface area (Å²) in [6.07, 6.45) is 0.975. The minimum absolute atomic E-state index is 0.767. The Labute approximate surface area is 163 Å². The lowest BCUT2D eigenvalue weighted by Crippen LogP contribution is -2.17. The van der Waals surface area contributed by atoms with Gasteiger partial charge in [0.05, 0.1) is 21.3 Å². The van der Waals surface area contributed by atoms with Crippen molar-refractivity contribution in [2.45, 2.75) is 13.0 Å². The van der Waals surface area contributed by atoms with Crippen LogP contribution >= 0.6 is 0 Å². The second-order valence-electron chi connectivity index (χ2n) is 5.56. The maximum absolute atomic E-state index is 9.10. The van der Waals surface area contributed by atoms with Crippen molar-refractivity contribution in [3.8, 4) is 17.2 Å². The predicted molar refractivity (Wildman–Crippen MR) is 103 cm³/mol. The summed E-state index contributed by atoms with van der Waals surface area (Å²) in [4.78, 5) is 18.2. The summed E-state index contributed by atoms with van der Waals surface area (Å²) < 4.78 is 15.8. The molecule has 0 amide bonds. The van der Waals surface area contributed by atoms with E-state index in [2.05, 4.69) is 17.4 Å². The topological polar surface area (TPSA) is 114 Å². The summed E-state index contributed by atoms with van der Waals surface area (Å²) in [5.74, 6) is -1.11. The molecule has 3 N–H and O–H groups in total. The van der Waals surface area contributed by atoms with Crippen LogP contribution in [0.1, 0.15) is 11.1 Å². The van der Waals surface area contributed by atoms with E-state index in [1.54, 1.807) is 21.3 Å². The molecule has 0 radical (unpaired) electrons. The van der Waals surface area contributed by atoms with Gasteiger partial charge in [0.2, 0.25) is 0 Å². The zero-order valence-electron chi connectivity index (χ0n) is 16.1. The van der Waals surface area contributed by atoms with Crippen LogP contribution in [-0.4, -0.2) is 50.0 Å². The molecule has 0 aliphatic rings. The third-order valence-corrected chi connectivity index (χ3v) is 3.74. The monoisotopic (exact) mass is 391 g/mol. The van der Waals surface area contributed by atoms with Gasteiger partial charge in [0.15, 0.2) is 0 Å². The van der Waals surface area contributed by atoms with E-state index in [1.807, 2.05) is 30.3 Å². The number of benzene rings is 2. The average Bonchev–Trinajstić information content (AvgIpc) is 2.72. The number of methoxy groups -OCH3 is 3. The molecule has 0 aromatic heterocycles. The molecule has 0 saturated heterocycles. The number of carboxylic acid groups (broad SMARTS) is 2. The molecule has 0 aliphatic carbocycles. The highest BCUT2D eigenvalue weighted by Gasteiger charge is 2.05. The van der Waals surface area contributed by atoms with Gasteiger partial charge in [-0.05, 0) is 36.7 Å². The third-order valence-electron chi connectivity index (χ3n) is 3.74. The van der Waals surface area contributed by atoms with Gasteiger partial charge in [-0.15, -0.1) is 0 Å². The summed E-state index contributed by atoms with van der Waals surface area (Å²) in [5, 5.41) is 18.2. The van der Waals surface area contributed by atoms with Crippen LogP contribution in [0.3, 0.4) is 0 Å². The van der Waals surface area contributed by atoms with Crippen LogP contribution < -0.4 is 19.5 Å². The van der Waals surface area contributed by atoms with E-state index in [9.17, 15) is 0 Å². The highest BCUT2D eigenvalue weighted by molar-refractivity contribution is 6.27. The van der Waals surface area contributed by atoms with Crippen molar-refractivity contribution in [3.63, 3.8) is 0 Å². The molecule has 2 aromatic carbocycles. The van der Waals surface area contributed by atoms with E-state index in [0.29, 0.717) is 0 Å². The second kappa shape index (κ2) is 12.2. The zero-order chi connectivity index (χ0) is 20.9. The number of nitrogens with one attached hydrogen (secondary N) is 1. The molecule has 8 nitrogen and oxygen atoms in total. The van der Waals surface area contributed by atoms with Crippen LogP contribution in [-0.2, 0) is 22.6 Å². The molecule has 152 valence electrons. The van der Waals surface area contributed by atoms with Crippen LogP contribution in [0, 0.1) is 0 Å². The lowest BCUT2D eigenvalue weighted by atomic mass is 10.1. The summed E-state index contributed by atoms with van der Waals surface area (Å²) in [7, 11) is 5.01. The summed E-state index contributed by atoms with van der Waals surface area (Å²) in [5.41, 5.74) is 2.41. The first kappa shape index (κ1) is 22.8. The number of carbonyl (C=O) groups is 2. The Balaban J connectivity index is 0.000000568. The number of ether oxygens (including phenoxy) is 3. The molecule has 0 heterocycles. The van der Waals surface area contributed by atoms with E-state index in [0.717, 1.165) is 42.3 Å². The van der Waals surface area contributed by atoms with Gasteiger partial charge >= 0.3 is 11.9 Å². The number of rotatable bonds is 8. The molecule has 28 heavy (non-hydrogen) atoms. The molecular weight excluding hydrogens is 366 g/mol. The smallest absolute Gasteiger partial charge is 0.414 e. The van der Waals surface area contributed by atoms with E-state index >= 15 is 0 Å². The van der Waals surface area contributed by atoms with Gasteiger partial charge in [-0.25, -0.2) is 9.59 Å². The quantitative estimate of drug-likeness (QED) is 0.463. The highest BCUT2D eigenvalue weighted by atomic mass is 16.5. The first-order chi connectivity index (χ1) is 13.4. The largest absolute Gasteiger partial charge is 0.497 e. The van der Waals surface area contributed by atoms with Crippen molar-refractivity contribution in [2.75, 3.05) is 27.9 Å². The van der Waals surface area contributed by atoms with Gasteiger partial charge in [-0.3, -0.25) is 0 Å². The molecule has 0 saturated carbocycles. The van der Waals surface area contributed by atoms with Gasteiger partial charge < -0.3 is 29.7 Å². The minimum atomic E-state index is -1.82. The zero-order valence-corrected chi connectivity index (χ0v) is 16.1.